The van der Waals surface area contributed by atoms with E-state index in [9.17, 15) is 0 Å². The Morgan fingerprint density at radius 3 is 2.55 bits per heavy atom. The van der Waals surface area contributed by atoms with Crippen molar-refractivity contribution in [1.29, 1.82) is 0 Å². The largest absolute Gasteiger partial charge is 0.238 e. The zero-order valence-corrected chi connectivity index (χ0v) is 14.4. The SMILES string of the molecule is C=CC(CCC(=C)/C=C\C=C/C)c1nc(CC)nc(C)c1C. The Morgan fingerprint density at radius 1 is 1.23 bits per heavy atom. The minimum atomic E-state index is 0.249. The summed E-state index contributed by atoms with van der Waals surface area (Å²) in [7, 11) is 0. The summed E-state index contributed by atoms with van der Waals surface area (Å²) in [5, 5.41) is 0. The highest BCUT2D eigenvalue weighted by atomic mass is 14.9. The van der Waals surface area contributed by atoms with Crippen molar-refractivity contribution in [3.63, 3.8) is 0 Å². The van der Waals surface area contributed by atoms with E-state index in [1.54, 1.807) is 0 Å². The molecule has 0 aromatic carbocycles. The molecule has 1 aromatic heterocycles. The number of hydrogen-bond donors (Lipinski definition) is 0. The second kappa shape index (κ2) is 9.14. The fraction of sp³-hybridized carbons (Fsp3) is 0.400. The van der Waals surface area contributed by atoms with Gasteiger partial charge in [0.15, 0.2) is 0 Å². The van der Waals surface area contributed by atoms with Gasteiger partial charge in [-0.2, -0.15) is 0 Å². The molecule has 1 heterocycles. The number of aromatic nitrogens is 2. The standard InChI is InChI=1S/C20H28N2/c1-7-10-11-12-15(4)13-14-18(8-2)20-16(5)17(6)21-19(9-3)22-20/h7-8,10-12,18H,2,4,9,13-14H2,1,3,5-6H3/b10-7-,12-11-. The molecule has 0 saturated heterocycles. The summed E-state index contributed by atoms with van der Waals surface area (Å²) >= 11 is 0. The van der Waals surface area contributed by atoms with Crippen LogP contribution in [-0.4, -0.2) is 9.97 Å². The van der Waals surface area contributed by atoms with Gasteiger partial charge in [0.2, 0.25) is 0 Å². The van der Waals surface area contributed by atoms with Crippen molar-refractivity contribution in [2.24, 2.45) is 0 Å². The van der Waals surface area contributed by atoms with Gasteiger partial charge in [-0.15, -0.1) is 6.58 Å². The molecule has 0 aliphatic rings. The van der Waals surface area contributed by atoms with Gasteiger partial charge in [0.25, 0.3) is 0 Å². The molecule has 1 atom stereocenters. The molecule has 2 nitrogen and oxygen atoms in total. The van der Waals surface area contributed by atoms with E-state index in [0.717, 1.165) is 42.0 Å². The Morgan fingerprint density at radius 2 is 1.95 bits per heavy atom. The first-order valence-corrected chi connectivity index (χ1v) is 7.97. The van der Waals surface area contributed by atoms with Gasteiger partial charge in [0.1, 0.15) is 5.82 Å². The zero-order valence-electron chi connectivity index (χ0n) is 14.4. The maximum Gasteiger partial charge on any atom is 0.128 e. The van der Waals surface area contributed by atoms with Crippen LogP contribution in [0.25, 0.3) is 0 Å². The van der Waals surface area contributed by atoms with Gasteiger partial charge < -0.3 is 0 Å². The van der Waals surface area contributed by atoms with E-state index in [-0.39, 0.29) is 5.92 Å². The van der Waals surface area contributed by atoms with Crippen LogP contribution in [0.4, 0.5) is 0 Å². The maximum atomic E-state index is 4.73. The van der Waals surface area contributed by atoms with E-state index in [0.29, 0.717) is 0 Å². The van der Waals surface area contributed by atoms with Crippen LogP contribution in [0.3, 0.4) is 0 Å². The second-order valence-corrected chi connectivity index (χ2v) is 5.51. The first-order chi connectivity index (χ1) is 10.5. The predicted octanol–water partition coefficient (Wildman–Crippen LogP) is 5.39. The van der Waals surface area contributed by atoms with E-state index in [1.807, 2.05) is 31.2 Å². The lowest BCUT2D eigenvalue weighted by molar-refractivity contribution is 0.697. The second-order valence-electron chi connectivity index (χ2n) is 5.51. The third-order valence-corrected chi connectivity index (χ3v) is 3.84. The molecule has 1 aromatic rings. The molecule has 2 heteroatoms. The number of nitrogens with zero attached hydrogens (tertiary/aromatic N) is 2. The smallest absolute Gasteiger partial charge is 0.128 e. The Labute approximate surface area is 135 Å². The molecular weight excluding hydrogens is 268 g/mol. The van der Waals surface area contributed by atoms with E-state index in [1.165, 1.54) is 5.56 Å². The highest BCUT2D eigenvalue weighted by Gasteiger charge is 2.15. The fourth-order valence-electron chi connectivity index (χ4n) is 2.32. The summed E-state index contributed by atoms with van der Waals surface area (Å²) in [5.74, 6) is 1.16. The summed E-state index contributed by atoms with van der Waals surface area (Å²) < 4.78 is 0. The van der Waals surface area contributed by atoms with E-state index >= 15 is 0 Å². The lowest BCUT2D eigenvalue weighted by Gasteiger charge is -2.17. The minimum absolute atomic E-state index is 0.249. The third kappa shape index (κ3) is 5.10. The number of allylic oxidation sites excluding steroid dienone is 6. The molecule has 0 radical (unpaired) electrons. The van der Waals surface area contributed by atoms with Crippen LogP contribution < -0.4 is 0 Å². The molecule has 1 unspecified atom stereocenters. The van der Waals surface area contributed by atoms with Gasteiger partial charge in [0, 0.05) is 18.0 Å². The molecule has 0 saturated carbocycles. The van der Waals surface area contributed by atoms with E-state index < -0.39 is 0 Å². The molecule has 0 aliphatic heterocycles. The van der Waals surface area contributed by atoms with Gasteiger partial charge in [-0.3, -0.25) is 0 Å². The minimum Gasteiger partial charge on any atom is -0.238 e. The van der Waals surface area contributed by atoms with Crippen molar-refractivity contribution in [2.75, 3.05) is 0 Å². The van der Waals surface area contributed by atoms with Crippen LogP contribution in [0.1, 0.15) is 55.4 Å². The van der Waals surface area contributed by atoms with Crippen molar-refractivity contribution in [2.45, 2.75) is 52.9 Å². The number of hydrogen-bond acceptors (Lipinski definition) is 2. The van der Waals surface area contributed by atoms with Crippen molar-refractivity contribution in [3.8, 4) is 0 Å². The predicted molar refractivity (Wildman–Crippen MR) is 96.2 cm³/mol. The summed E-state index contributed by atoms with van der Waals surface area (Å²) in [5.41, 5.74) is 4.49. The molecule has 118 valence electrons. The van der Waals surface area contributed by atoms with Crippen LogP contribution in [0.2, 0.25) is 0 Å². The number of aryl methyl sites for hydroxylation is 2. The van der Waals surface area contributed by atoms with Crippen molar-refractivity contribution in [3.05, 3.63) is 71.9 Å². The van der Waals surface area contributed by atoms with Crippen molar-refractivity contribution in [1.82, 2.24) is 9.97 Å². The van der Waals surface area contributed by atoms with Gasteiger partial charge in [0.05, 0.1) is 5.69 Å². The Kier molecular flexibility index (Phi) is 7.51. The monoisotopic (exact) mass is 296 g/mol. The maximum absolute atomic E-state index is 4.73. The van der Waals surface area contributed by atoms with Gasteiger partial charge in [-0.25, -0.2) is 9.97 Å². The summed E-state index contributed by atoms with van der Waals surface area (Å²) in [6, 6.07) is 0. The fourth-order valence-corrected chi connectivity index (χ4v) is 2.32. The Hall–Kier alpha value is -1.96. The average molecular weight is 296 g/mol. The lowest BCUT2D eigenvalue weighted by atomic mass is 9.93. The van der Waals surface area contributed by atoms with Crippen LogP contribution >= 0.6 is 0 Å². The first-order valence-electron chi connectivity index (χ1n) is 7.97. The summed E-state index contributed by atoms with van der Waals surface area (Å²) in [6.07, 6.45) is 12.9. The van der Waals surface area contributed by atoms with Crippen molar-refractivity contribution < 1.29 is 0 Å². The molecule has 0 spiro atoms. The zero-order chi connectivity index (χ0) is 16.5. The van der Waals surface area contributed by atoms with E-state index in [4.69, 9.17) is 4.98 Å². The molecule has 0 fully saturated rings. The molecule has 1 rings (SSSR count). The highest BCUT2D eigenvalue weighted by molar-refractivity contribution is 5.30. The Bertz CT molecular complexity index is 580. The van der Waals surface area contributed by atoms with Gasteiger partial charge in [-0.05, 0) is 39.2 Å². The highest BCUT2D eigenvalue weighted by Crippen LogP contribution is 2.26. The van der Waals surface area contributed by atoms with E-state index in [2.05, 4.69) is 45.0 Å². The van der Waals surface area contributed by atoms with Crippen molar-refractivity contribution >= 4 is 0 Å². The first kappa shape index (κ1) is 18.1. The third-order valence-electron chi connectivity index (χ3n) is 3.84. The normalized spacial score (nSPS) is 12.9. The lowest BCUT2D eigenvalue weighted by Crippen LogP contribution is -2.08. The average Bonchev–Trinajstić information content (AvgIpc) is 2.51. The molecule has 0 N–H and O–H groups in total. The van der Waals surface area contributed by atoms with Crippen LogP contribution in [-0.2, 0) is 6.42 Å². The molecule has 0 aliphatic carbocycles. The number of rotatable bonds is 8. The van der Waals surface area contributed by atoms with Crippen LogP contribution in [0, 0.1) is 13.8 Å². The Balaban J connectivity index is 2.86. The topological polar surface area (TPSA) is 25.8 Å². The summed E-state index contributed by atoms with van der Waals surface area (Å²) in [6.45, 7) is 16.4. The van der Waals surface area contributed by atoms with Gasteiger partial charge in [-0.1, -0.05) is 49.5 Å². The quantitative estimate of drug-likeness (QED) is 0.474. The molecule has 0 bridgehead atoms. The molecule has 0 amide bonds. The van der Waals surface area contributed by atoms with Crippen LogP contribution in [0.5, 0.6) is 0 Å². The van der Waals surface area contributed by atoms with Crippen LogP contribution in [0.15, 0.2) is 49.1 Å². The molecule has 22 heavy (non-hydrogen) atoms. The molecular formula is C20H28N2. The van der Waals surface area contributed by atoms with Gasteiger partial charge >= 0.3 is 0 Å². The summed E-state index contributed by atoms with van der Waals surface area (Å²) in [4.78, 5) is 9.27.